The zero-order valence-corrected chi connectivity index (χ0v) is 9.27. The van der Waals surface area contributed by atoms with E-state index in [1.807, 2.05) is 19.1 Å². The summed E-state index contributed by atoms with van der Waals surface area (Å²) in [6, 6.07) is 4.51. The zero-order chi connectivity index (χ0) is 12.0. The fraction of sp³-hybridized carbons (Fsp3) is 0.250. The van der Waals surface area contributed by atoms with Gasteiger partial charge in [-0.1, -0.05) is 12.2 Å². The highest BCUT2D eigenvalue weighted by atomic mass is 16.5. The van der Waals surface area contributed by atoms with Crippen molar-refractivity contribution in [2.24, 2.45) is 0 Å². The van der Waals surface area contributed by atoms with Crippen LogP contribution in [0.4, 0.5) is 0 Å². The Kier molecular flexibility index (Phi) is 4.39. The van der Waals surface area contributed by atoms with Gasteiger partial charge in [-0.3, -0.25) is 0 Å². The van der Waals surface area contributed by atoms with Crippen LogP contribution in [-0.2, 0) is 0 Å². The number of carboxylic acids is 1. The molecule has 1 aromatic carbocycles. The van der Waals surface area contributed by atoms with Crippen LogP contribution in [0.25, 0.3) is 0 Å². The SMILES string of the molecule is C/C=C/COc1ccc(C(=O)O)cc1OC. The lowest BCUT2D eigenvalue weighted by Crippen LogP contribution is -2.00. The number of hydrogen-bond acceptors (Lipinski definition) is 3. The topological polar surface area (TPSA) is 55.8 Å². The smallest absolute Gasteiger partial charge is 0.335 e. The van der Waals surface area contributed by atoms with Crippen molar-refractivity contribution in [1.82, 2.24) is 0 Å². The predicted octanol–water partition coefficient (Wildman–Crippen LogP) is 2.35. The predicted molar refractivity (Wildman–Crippen MR) is 60.3 cm³/mol. The lowest BCUT2D eigenvalue weighted by atomic mass is 10.2. The summed E-state index contributed by atoms with van der Waals surface area (Å²) in [6.45, 7) is 2.33. The fourth-order valence-corrected chi connectivity index (χ4v) is 1.15. The Balaban J connectivity index is 2.88. The normalized spacial score (nSPS) is 10.4. The van der Waals surface area contributed by atoms with Gasteiger partial charge in [0.2, 0.25) is 0 Å². The van der Waals surface area contributed by atoms with Crippen molar-refractivity contribution in [3.63, 3.8) is 0 Å². The molecule has 0 aliphatic rings. The van der Waals surface area contributed by atoms with E-state index in [9.17, 15) is 4.79 Å². The number of benzene rings is 1. The Morgan fingerprint density at radius 2 is 2.19 bits per heavy atom. The second kappa shape index (κ2) is 5.80. The number of carboxylic acid groups (broad SMARTS) is 1. The Bertz CT molecular complexity index is 396. The van der Waals surface area contributed by atoms with Gasteiger partial charge in [0.05, 0.1) is 12.7 Å². The standard InChI is InChI=1S/C12H14O4/c1-3-4-7-16-10-6-5-9(12(13)14)8-11(10)15-2/h3-6,8H,7H2,1-2H3,(H,13,14)/b4-3+. The van der Waals surface area contributed by atoms with E-state index in [1.54, 1.807) is 6.07 Å². The van der Waals surface area contributed by atoms with Crippen molar-refractivity contribution in [1.29, 1.82) is 0 Å². The first kappa shape index (κ1) is 12.1. The minimum Gasteiger partial charge on any atom is -0.493 e. The van der Waals surface area contributed by atoms with Crippen molar-refractivity contribution in [2.75, 3.05) is 13.7 Å². The second-order valence-corrected chi connectivity index (χ2v) is 3.05. The average molecular weight is 222 g/mol. The Morgan fingerprint density at radius 3 is 2.75 bits per heavy atom. The van der Waals surface area contributed by atoms with Gasteiger partial charge in [0.15, 0.2) is 11.5 Å². The molecule has 16 heavy (non-hydrogen) atoms. The first-order valence-corrected chi connectivity index (χ1v) is 4.84. The summed E-state index contributed by atoms with van der Waals surface area (Å²) in [5.41, 5.74) is 0.176. The third-order valence-electron chi connectivity index (χ3n) is 1.98. The molecule has 86 valence electrons. The number of rotatable bonds is 5. The largest absolute Gasteiger partial charge is 0.493 e. The fourth-order valence-electron chi connectivity index (χ4n) is 1.15. The van der Waals surface area contributed by atoms with Crippen molar-refractivity contribution in [3.8, 4) is 11.5 Å². The van der Waals surface area contributed by atoms with Gasteiger partial charge in [-0.05, 0) is 25.1 Å². The van der Waals surface area contributed by atoms with Crippen LogP contribution in [0, 0.1) is 0 Å². The highest BCUT2D eigenvalue weighted by Crippen LogP contribution is 2.27. The van der Waals surface area contributed by atoms with Crippen LogP contribution in [0.15, 0.2) is 30.4 Å². The Labute approximate surface area is 94.1 Å². The highest BCUT2D eigenvalue weighted by Gasteiger charge is 2.09. The molecule has 1 rings (SSSR count). The van der Waals surface area contributed by atoms with E-state index in [1.165, 1.54) is 19.2 Å². The summed E-state index contributed by atoms with van der Waals surface area (Å²) in [5, 5.41) is 8.80. The Morgan fingerprint density at radius 1 is 1.44 bits per heavy atom. The molecule has 0 fully saturated rings. The first-order valence-electron chi connectivity index (χ1n) is 4.84. The molecule has 0 bridgehead atoms. The van der Waals surface area contributed by atoms with E-state index in [4.69, 9.17) is 14.6 Å². The molecule has 0 aliphatic heterocycles. The molecule has 0 unspecified atom stereocenters. The van der Waals surface area contributed by atoms with E-state index in [0.29, 0.717) is 18.1 Å². The van der Waals surface area contributed by atoms with E-state index in [0.717, 1.165) is 0 Å². The zero-order valence-electron chi connectivity index (χ0n) is 9.27. The van der Waals surface area contributed by atoms with Gasteiger partial charge in [0, 0.05) is 0 Å². The molecule has 0 radical (unpaired) electrons. The number of hydrogen-bond donors (Lipinski definition) is 1. The summed E-state index contributed by atoms with van der Waals surface area (Å²) in [5.74, 6) is -0.0340. The molecule has 0 amide bonds. The molecule has 0 aromatic heterocycles. The van der Waals surface area contributed by atoms with Crippen molar-refractivity contribution >= 4 is 5.97 Å². The second-order valence-electron chi connectivity index (χ2n) is 3.05. The molecule has 0 aliphatic carbocycles. The van der Waals surface area contributed by atoms with E-state index >= 15 is 0 Å². The van der Waals surface area contributed by atoms with Crippen LogP contribution < -0.4 is 9.47 Å². The molecule has 1 N–H and O–H groups in total. The minimum atomic E-state index is -0.988. The van der Waals surface area contributed by atoms with Crippen LogP contribution in [-0.4, -0.2) is 24.8 Å². The van der Waals surface area contributed by atoms with Crippen molar-refractivity contribution in [3.05, 3.63) is 35.9 Å². The first-order chi connectivity index (χ1) is 7.69. The van der Waals surface area contributed by atoms with Crippen LogP contribution in [0.5, 0.6) is 11.5 Å². The van der Waals surface area contributed by atoms with Crippen LogP contribution in [0.2, 0.25) is 0 Å². The Hall–Kier alpha value is -1.97. The molecular weight excluding hydrogens is 208 g/mol. The summed E-state index contributed by atoms with van der Waals surface area (Å²) in [6.07, 6.45) is 3.72. The number of aromatic carboxylic acids is 1. The maximum atomic E-state index is 10.7. The average Bonchev–Trinajstić information content (AvgIpc) is 2.29. The van der Waals surface area contributed by atoms with Crippen molar-refractivity contribution in [2.45, 2.75) is 6.92 Å². The summed E-state index contributed by atoms with van der Waals surface area (Å²) < 4.78 is 10.5. The molecule has 0 saturated heterocycles. The minimum absolute atomic E-state index is 0.176. The van der Waals surface area contributed by atoms with Gasteiger partial charge in [0.25, 0.3) is 0 Å². The molecule has 0 atom stereocenters. The summed E-state index contributed by atoms with van der Waals surface area (Å²) in [4.78, 5) is 10.7. The lowest BCUT2D eigenvalue weighted by Gasteiger charge is -2.09. The van der Waals surface area contributed by atoms with Crippen LogP contribution >= 0.6 is 0 Å². The molecule has 0 heterocycles. The molecule has 4 nitrogen and oxygen atoms in total. The van der Waals surface area contributed by atoms with Crippen molar-refractivity contribution < 1.29 is 19.4 Å². The maximum Gasteiger partial charge on any atom is 0.335 e. The van der Waals surface area contributed by atoms with Gasteiger partial charge in [-0.2, -0.15) is 0 Å². The number of methoxy groups -OCH3 is 1. The number of allylic oxidation sites excluding steroid dienone is 1. The summed E-state index contributed by atoms with van der Waals surface area (Å²) in [7, 11) is 1.48. The number of ether oxygens (including phenoxy) is 2. The maximum absolute atomic E-state index is 10.7. The number of carbonyl (C=O) groups is 1. The molecule has 0 spiro atoms. The highest BCUT2D eigenvalue weighted by molar-refractivity contribution is 5.88. The van der Waals surface area contributed by atoms with Crippen LogP contribution in [0.1, 0.15) is 17.3 Å². The third kappa shape index (κ3) is 3.02. The lowest BCUT2D eigenvalue weighted by molar-refractivity contribution is 0.0696. The van der Waals surface area contributed by atoms with Gasteiger partial charge >= 0.3 is 5.97 Å². The van der Waals surface area contributed by atoms with Crippen LogP contribution in [0.3, 0.4) is 0 Å². The van der Waals surface area contributed by atoms with Gasteiger partial charge < -0.3 is 14.6 Å². The van der Waals surface area contributed by atoms with Gasteiger partial charge in [-0.25, -0.2) is 4.79 Å². The van der Waals surface area contributed by atoms with Gasteiger partial charge in [-0.15, -0.1) is 0 Å². The van der Waals surface area contributed by atoms with E-state index in [2.05, 4.69) is 0 Å². The monoisotopic (exact) mass is 222 g/mol. The molecule has 0 saturated carbocycles. The molecular formula is C12H14O4. The van der Waals surface area contributed by atoms with E-state index in [-0.39, 0.29) is 5.56 Å². The third-order valence-corrected chi connectivity index (χ3v) is 1.98. The molecule has 1 aromatic rings. The quantitative estimate of drug-likeness (QED) is 0.777. The molecule has 4 heteroatoms. The van der Waals surface area contributed by atoms with E-state index < -0.39 is 5.97 Å². The van der Waals surface area contributed by atoms with Gasteiger partial charge in [0.1, 0.15) is 6.61 Å². The summed E-state index contributed by atoms with van der Waals surface area (Å²) >= 11 is 0.